The smallest absolute Gasteiger partial charge is 0.240 e. The van der Waals surface area contributed by atoms with Gasteiger partial charge in [0.2, 0.25) is 10.0 Å². The monoisotopic (exact) mass is 268 g/mol. The third-order valence-electron chi connectivity index (χ3n) is 2.87. The number of rotatable bonds is 5. The molecule has 3 N–H and O–H groups in total. The standard InChI is InChI=1S/C13H20N2O2S/c1-5-6-10(3)15-18(16,17)12-7-9(2)11(4)13(14)8-12/h5,7-8,10,15H,1,6,14H2,2-4H3. The zero-order valence-electron chi connectivity index (χ0n) is 11.0. The highest BCUT2D eigenvalue weighted by molar-refractivity contribution is 7.89. The number of benzene rings is 1. The Balaban J connectivity index is 3.09. The summed E-state index contributed by atoms with van der Waals surface area (Å²) >= 11 is 0. The Morgan fingerprint density at radius 3 is 2.56 bits per heavy atom. The first-order valence-electron chi connectivity index (χ1n) is 5.78. The van der Waals surface area contributed by atoms with E-state index in [2.05, 4.69) is 11.3 Å². The molecule has 0 aromatic heterocycles. The molecule has 1 aromatic rings. The van der Waals surface area contributed by atoms with Crippen LogP contribution >= 0.6 is 0 Å². The normalized spacial score (nSPS) is 13.3. The first-order valence-corrected chi connectivity index (χ1v) is 7.26. The van der Waals surface area contributed by atoms with E-state index in [1.54, 1.807) is 19.1 Å². The third-order valence-corrected chi connectivity index (χ3v) is 4.44. The van der Waals surface area contributed by atoms with Crippen molar-refractivity contribution in [3.63, 3.8) is 0 Å². The van der Waals surface area contributed by atoms with Crippen molar-refractivity contribution in [2.75, 3.05) is 5.73 Å². The van der Waals surface area contributed by atoms with E-state index in [1.807, 2.05) is 13.8 Å². The molecule has 100 valence electrons. The van der Waals surface area contributed by atoms with Gasteiger partial charge in [-0.15, -0.1) is 6.58 Å². The summed E-state index contributed by atoms with van der Waals surface area (Å²) in [5.74, 6) is 0. The summed E-state index contributed by atoms with van der Waals surface area (Å²) in [5.41, 5.74) is 8.07. The van der Waals surface area contributed by atoms with Crippen LogP contribution in [-0.4, -0.2) is 14.5 Å². The van der Waals surface area contributed by atoms with E-state index in [0.717, 1.165) is 11.1 Å². The Labute approximate surface area is 109 Å². The van der Waals surface area contributed by atoms with Gasteiger partial charge in [-0.1, -0.05) is 6.08 Å². The van der Waals surface area contributed by atoms with Crippen LogP contribution in [0.1, 0.15) is 24.5 Å². The molecular weight excluding hydrogens is 248 g/mol. The fraction of sp³-hybridized carbons (Fsp3) is 0.385. The maximum Gasteiger partial charge on any atom is 0.240 e. The van der Waals surface area contributed by atoms with E-state index in [-0.39, 0.29) is 10.9 Å². The molecule has 18 heavy (non-hydrogen) atoms. The molecule has 1 rings (SSSR count). The number of nitrogens with two attached hydrogens (primary N) is 1. The van der Waals surface area contributed by atoms with Gasteiger partial charge in [0, 0.05) is 11.7 Å². The number of aryl methyl sites for hydroxylation is 1. The van der Waals surface area contributed by atoms with Gasteiger partial charge in [-0.05, 0) is 50.5 Å². The molecule has 0 radical (unpaired) electrons. The van der Waals surface area contributed by atoms with Crippen molar-refractivity contribution in [3.8, 4) is 0 Å². The van der Waals surface area contributed by atoms with Gasteiger partial charge in [-0.3, -0.25) is 0 Å². The molecule has 0 fully saturated rings. The van der Waals surface area contributed by atoms with Gasteiger partial charge in [0.25, 0.3) is 0 Å². The van der Waals surface area contributed by atoms with Crippen molar-refractivity contribution < 1.29 is 8.42 Å². The SMILES string of the molecule is C=CCC(C)NS(=O)(=O)c1cc(C)c(C)c(N)c1. The van der Waals surface area contributed by atoms with Crippen LogP contribution in [0.4, 0.5) is 5.69 Å². The Hall–Kier alpha value is -1.33. The van der Waals surface area contributed by atoms with Crippen LogP contribution in [-0.2, 0) is 10.0 Å². The summed E-state index contributed by atoms with van der Waals surface area (Å²) in [4.78, 5) is 0.207. The topological polar surface area (TPSA) is 72.2 Å². The molecular formula is C13H20N2O2S. The van der Waals surface area contributed by atoms with Crippen molar-refractivity contribution in [1.82, 2.24) is 4.72 Å². The number of sulfonamides is 1. The van der Waals surface area contributed by atoms with Crippen molar-refractivity contribution >= 4 is 15.7 Å². The fourth-order valence-corrected chi connectivity index (χ4v) is 3.01. The maximum absolute atomic E-state index is 12.1. The predicted molar refractivity (Wildman–Crippen MR) is 74.9 cm³/mol. The van der Waals surface area contributed by atoms with Crippen LogP contribution in [0.5, 0.6) is 0 Å². The molecule has 0 saturated heterocycles. The quantitative estimate of drug-likeness (QED) is 0.634. The van der Waals surface area contributed by atoms with Crippen molar-refractivity contribution in [1.29, 1.82) is 0 Å². The van der Waals surface area contributed by atoms with Gasteiger partial charge in [0.1, 0.15) is 0 Å². The highest BCUT2D eigenvalue weighted by Crippen LogP contribution is 2.21. The molecule has 0 aliphatic heterocycles. The Morgan fingerprint density at radius 1 is 1.44 bits per heavy atom. The van der Waals surface area contributed by atoms with Gasteiger partial charge >= 0.3 is 0 Å². The summed E-state index contributed by atoms with van der Waals surface area (Å²) in [6, 6.07) is 2.94. The molecule has 1 aromatic carbocycles. The summed E-state index contributed by atoms with van der Waals surface area (Å²) in [6.07, 6.45) is 2.27. The lowest BCUT2D eigenvalue weighted by atomic mass is 10.1. The van der Waals surface area contributed by atoms with E-state index in [4.69, 9.17) is 5.73 Å². The first kappa shape index (κ1) is 14.7. The molecule has 0 amide bonds. The average Bonchev–Trinajstić information content (AvgIpc) is 2.24. The van der Waals surface area contributed by atoms with Crippen LogP contribution in [0.2, 0.25) is 0 Å². The fourth-order valence-electron chi connectivity index (χ4n) is 1.64. The summed E-state index contributed by atoms with van der Waals surface area (Å²) in [5, 5.41) is 0. The molecule has 4 nitrogen and oxygen atoms in total. The van der Waals surface area contributed by atoms with Crippen molar-refractivity contribution in [3.05, 3.63) is 35.9 Å². The number of hydrogen-bond donors (Lipinski definition) is 2. The van der Waals surface area contributed by atoms with E-state index in [9.17, 15) is 8.42 Å². The second-order valence-electron chi connectivity index (χ2n) is 4.50. The maximum atomic E-state index is 12.1. The number of anilines is 1. The van der Waals surface area contributed by atoms with Gasteiger partial charge < -0.3 is 5.73 Å². The Morgan fingerprint density at radius 2 is 2.06 bits per heavy atom. The highest BCUT2D eigenvalue weighted by atomic mass is 32.2. The zero-order valence-corrected chi connectivity index (χ0v) is 11.8. The van der Waals surface area contributed by atoms with E-state index in [1.165, 1.54) is 6.07 Å². The van der Waals surface area contributed by atoms with Gasteiger partial charge in [0.05, 0.1) is 4.90 Å². The van der Waals surface area contributed by atoms with Crippen molar-refractivity contribution in [2.24, 2.45) is 0 Å². The lowest BCUT2D eigenvalue weighted by molar-refractivity contribution is 0.562. The summed E-state index contributed by atoms with van der Waals surface area (Å²) in [6.45, 7) is 9.10. The molecule has 0 spiro atoms. The second kappa shape index (κ2) is 5.54. The summed E-state index contributed by atoms with van der Waals surface area (Å²) in [7, 11) is -3.52. The van der Waals surface area contributed by atoms with Crippen LogP contribution in [0.25, 0.3) is 0 Å². The molecule has 0 heterocycles. The molecule has 0 aliphatic carbocycles. The first-order chi connectivity index (χ1) is 8.27. The predicted octanol–water partition coefficient (Wildman–Crippen LogP) is 2.13. The largest absolute Gasteiger partial charge is 0.398 e. The highest BCUT2D eigenvalue weighted by Gasteiger charge is 2.18. The minimum absolute atomic E-state index is 0.185. The number of nitrogens with one attached hydrogen (secondary N) is 1. The van der Waals surface area contributed by atoms with Crippen LogP contribution < -0.4 is 10.5 Å². The van der Waals surface area contributed by atoms with Gasteiger partial charge in [0.15, 0.2) is 0 Å². The van der Waals surface area contributed by atoms with Gasteiger partial charge in [-0.2, -0.15) is 0 Å². The number of nitrogen functional groups attached to an aromatic ring is 1. The zero-order chi connectivity index (χ0) is 13.9. The Kier molecular flexibility index (Phi) is 4.53. The molecule has 1 atom stereocenters. The lowest BCUT2D eigenvalue weighted by Gasteiger charge is -2.14. The molecule has 1 unspecified atom stereocenters. The lowest BCUT2D eigenvalue weighted by Crippen LogP contribution is -2.32. The average molecular weight is 268 g/mol. The number of hydrogen-bond acceptors (Lipinski definition) is 3. The molecule has 5 heteroatoms. The van der Waals surface area contributed by atoms with Crippen LogP contribution in [0.15, 0.2) is 29.7 Å². The Bertz CT molecular complexity index is 527. The minimum atomic E-state index is -3.52. The molecule has 0 bridgehead atoms. The molecule has 0 aliphatic rings. The van der Waals surface area contributed by atoms with E-state index < -0.39 is 10.0 Å². The third kappa shape index (κ3) is 3.34. The molecule has 0 saturated carbocycles. The van der Waals surface area contributed by atoms with Crippen LogP contribution in [0.3, 0.4) is 0 Å². The van der Waals surface area contributed by atoms with E-state index >= 15 is 0 Å². The van der Waals surface area contributed by atoms with Gasteiger partial charge in [-0.25, -0.2) is 13.1 Å². The minimum Gasteiger partial charge on any atom is -0.398 e. The van der Waals surface area contributed by atoms with Crippen LogP contribution in [0, 0.1) is 13.8 Å². The summed E-state index contributed by atoms with van der Waals surface area (Å²) < 4.78 is 26.9. The second-order valence-corrected chi connectivity index (χ2v) is 6.22. The van der Waals surface area contributed by atoms with Crippen molar-refractivity contribution in [2.45, 2.75) is 38.1 Å². The van der Waals surface area contributed by atoms with E-state index in [0.29, 0.717) is 12.1 Å².